The zero-order valence-electron chi connectivity index (χ0n) is 14.5. The van der Waals surface area contributed by atoms with Crippen molar-refractivity contribution in [1.29, 1.82) is 0 Å². The van der Waals surface area contributed by atoms with Crippen LogP contribution in [0.4, 0.5) is 18.9 Å². The number of aromatic nitrogens is 2. The molecule has 0 bridgehead atoms. The number of aryl methyl sites for hydroxylation is 2. The van der Waals surface area contributed by atoms with Crippen LogP contribution >= 0.6 is 11.3 Å². The normalized spacial score (nSPS) is 14.4. The molecule has 0 radical (unpaired) electrons. The molecule has 6 nitrogen and oxygen atoms in total. The molecule has 0 unspecified atom stereocenters. The average Bonchev–Trinajstić information content (AvgIpc) is 3.19. The molecular weight excluding hydrogens is 415 g/mol. The van der Waals surface area contributed by atoms with E-state index in [9.17, 15) is 26.4 Å². The van der Waals surface area contributed by atoms with E-state index in [-0.39, 0.29) is 16.6 Å². The van der Waals surface area contributed by atoms with Gasteiger partial charge in [0.15, 0.2) is 0 Å². The summed E-state index contributed by atoms with van der Waals surface area (Å²) in [4.78, 5) is 17.2. The number of nitrogens with zero attached hydrogens (tertiary/aromatic N) is 2. The molecule has 1 aliphatic rings. The number of hydrogen-bond donors (Lipinski definition) is 1. The third kappa shape index (κ3) is 2.98. The summed E-state index contributed by atoms with van der Waals surface area (Å²) in [7, 11) is -4.58. The third-order valence-corrected chi connectivity index (χ3v) is 6.97. The number of alkyl halides is 3. The summed E-state index contributed by atoms with van der Waals surface area (Å²) in [5, 5.41) is 0.0845. The largest absolute Gasteiger partial charge is 0.417 e. The lowest BCUT2D eigenvalue weighted by atomic mass is 10.2. The van der Waals surface area contributed by atoms with E-state index in [1.54, 1.807) is 6.92 Å². The predicted octanol–water partition coefficient (Wildman–Crippen LogP) is 3.53. The van der Waals surface area contributed by atoms with E-state index in [2.05, 4.69) is 9.71 Å². The number of fused-ring (bicyclic) bond motifs is 2. The van der Waals surface area contributed by atoms with Crippen molar-refractivity contribution in [3.05, 3.63) is 50.9 Å². The fourth-order valence-electron chi connectivity index (χ4n) is 3.30. The van der Waals surface area contributed by atoms with Crippen LogP contribution in [0, 0.1) is 6.92 Å². The maximum atomic E-state index is 13.3. The van der Waals surface area contributed by atoms with E-state index in [1.165, 1.54) is 10.6 Å². The van der Waals surface area contributed by atoms with Gasteiger partial charge in [0, 0.05) is 17.8 Å². The fraction of sp³-hybridized carbons (Fsp3) is 0.294. The van der Waals surface area contributed by atoms with Crippen molar-refractivity contribution in [2.24, 2.45) is 0 Å². The van der Waals surface area contributed by atoms with Gasteiger partial charge in [0.1, 0.15) is 16.0 Å². The quantitative estimate of drug-likeness (QED) is 0.691. The summed E-state index contributed by atoms with van der Waals surface area (Å²) in [5.74, 6) is 0.635. The molecule has 0 fully saturated rings. The number of thiophene rings is 1. The molecule has 0 saturated heterocycles. The van der Waals surface area contributed by atoms with Crippen LogP contribution in [0.25, 0.3) is 10.2 Å². The number of halogens is 3. The van der Waals surface area contributed by atoms with Crippen LogP contribution in [-0.4, -0.2) is 18.0 Å². The second-order valence-corrected chi connectivity index (χ2v) is 9.26. The lowest BCUT2D eigenvalue weighted by molar-refractivity contribution is -0.139. The van der Waals surface area contributed by atoms with Crippen LogP contribution in [0.1, 0.15) is 22.7 Å². The molecule has 0 atom stereocenters. The second-order valence-electron chi connectivity index (χ2n) is 6.40. The number of hydrogen-bond acceptors (Lipinski definition) is 5. The number of sulfonamides is 1. The van der Waals surface area contributed by atoms with Gasteiger partial charge < -0.3 is 0 Å². The molecule has 0 aliphatic carbocycles. The van der Waals surface area contributed by atoms with E-state index in [4.69, 9.17) is 0 Å². The molecule has 4 rings (SSSR count). The molecule has 1 N–H and O–H groups in total. The van der Waals surface area contributed by atoms with E-state index in [0.717, 1.165) is 29.9 Å². The average molecular weight is 429 g/mol. The lowest BCUT2D eigenvalue weighted by Crippen LogP contribution is -2.23. The number of rotatable bonds is 3. The zero-order chi connectivity index (χ0) is 20.3. The maximum Gasteiger partial charge on any atom is 0.417 e. The van der Waals surface area contributed by atoms with Crippen LogP contribution in [0.15, 0.2) is 34.0 Å². The van der Waals surface area contributed by atoms with Gasteiger partial charge in [-0.1, -0.05) is 12.1 Å². The molecule has 1 aromatic carbocycles. The van der Waals surface area contributed by atoms with Gasteiger partial charge in [-0.25, -0.2) is 13.4 Å². The Morgan fingerprint density at radius 3 is 2.68 bits per heavy atom. The Balaban J connectivity index is 1.88. The van der Waals surface area contributed by atoms with Crippen molar-refractivity contribution in [3.63, 3.8) is 0 Å². The second kappa shape index (κ2) is 6.31. The summed E-state index contributed by atoms with van der Waals surface area (Å²) < 4.78 is 69.0. The summed E-state index contributed by atoms with van der Waals surface area (Å²) >= 11 is 1.13. The van der Waals surface area contributed by atoms with Gasteiger partial charge in [-0.2, -0.15) is 13.2 Å². The first-order chi connectivity index (χ1) is 13.1. The summed E-state index contributed by atoms with van der Waals surface area (Å²) in [5.41, 5.74) is -1.67. The van der Waals surface area contributed by atoms with Gasteiger partial charge in [-0.15, -0.1) is 11.3 Å². The van der Waals surface area contributed by atoms with Gasteiger partial charge in [-0.05, 0) is 25.5 Å². The first kappa shape index (κ1) is 18.9. The maximum absolute atomic E-state index is 13.3. The topological polar surface area (TPSA) is 81.1 Å². The Hall–Kier alpha value is -2.40. The van der Waals surface area contributed by atoms with Crippen LogP contribution in [0.3, 0.4) is 0 Å². The minimum absolute atomic E-state index is 0.0170. The van der Waals surface area contributed by atoms with Crippen molar-refractivity contribution in [2.45, 2.75) is 37.4 Å². The highest BCUT2D eigenvalue weighted by molar-refractivity contribution is 7.92. The van der Waals surface area contributed by atoms with Gasteiger partial charge in [-0.3, -0.25) is 14.1 Å². The predicted molar refractivity (Wildman–Crippen MR) is 99.2 cm³/mol. The first-order valence-corrected chi connectivity index (χ1v) is 10.6. The fourth-order valence-corrected chi connectivity index (χ4v) is 5.72. The SMILES string of the molecule is Cc1sc2nc3n(c(=O)c2c1NS(=O)(=O)c1ccccc1C(F)(F)F)CCC3. The van der Waals surface area contributed by atoms with Gasteiger partial charge in [0.25, 0.3) is 15.6 Å². The highest BCUT2D eigenvalue weighted by Crippen LogP contribution is 2.37. The monoisotopic (exact) mass is 429 g/mol. The van der Waals surface area contributed by atoms with E-state index in [1.807, 2.05) is 0 Å². The molecule has 28 heavy (non-hydrogen) atoms. The van der Waals surface area contributed by atoms with Crippen LogP contribution in [-0.2, 0) is 29.2 Å². The highest BCUT2D eigenvalue weighted by Gasteiger charge is 2.37. The highest BCUT2D eigenvalue weighted by atomic mass is 32.2. The van der Waals surface area contributed by atoms with E-state index in [0.29, 0.717) is 34.6 Å². The Morgan fingerprint density at radius 2 is 1.96 bits per heavy atom. The third-order valence-electron chi connectivity index (χ3n) is 4.57. The van der Waals surface area contributed by atoms with E-state index < -0.39 is 26.7 Å². The number of benzene rings is 1. The molecule has 1 aliphatic heterocycles. The first-order valence-electron chi connectivity index (χ1n) is 8.31. The summed E-state index contributed by atoms with van der Waals surface area (Å²) in [6, 6.07) is 3.92. The van der Waals surface area contributed by atoms with Gasteiger partial charge >= 0.3 is 6.18 Å². The molecule has 0 saturated carbocycles. The van der Waals surface area contributed by atoms with Crippen LogP contribution < -0.4 is 10.3 Å². The molecule has 3 heterocycles. The Labute approximate surface area is 161 Å². The molecule has 148 valence electrons. The zero-order valence-corrected chi connectivity index (χ0v) is 16.1. The molecule has 3 aromatic rings. The Bertz CT molecular complexity index is 1260. The Kier molecular flexibility index (Phi) is 4.27. The molecular formula is C17H14F3N3O3S2. The molecule has 2 aromatic heterocycles. The Morgan fingerprint density at radius 1 is 1.25 bits per heavy atom. The summed E-state index contributed by atoms with van der Waals surface area (Å²) in [6.45, 7) is 2.07. The molecule has 0 spiro atoms. The minimum atomic E-state index is -4.83. The molecule has 0 amide bonds. The van der Waals surface area contributed by atoms with Crippen molar-refractivity contribution in [3.8, 4) is 0 Å². The number of anilines is 1. The minimum Gasteiger partial charge on any atom is -0.296 e. The lowest BCUT2D eigenvalue weighted by Gasteiger charge is -2.14. The van der Waals surface area contributed by atoms with Crippen molar-refractivity contribution in [2.75, 3.05) is 4.72 Å². The van der Waals surface area contributed by atoms with Crippen molar-refractivity contribution >= 4 is 37.3 Å². The smallest absolute Gasteiger partial charge is 0.296 e. The molecule has 11 heteroatoms. The van der Waals surface area contributed by atoms with Gasteiger partial charge in [0.2, 0.25) is 0 Å². The summed E-state index contributed by atoms with van der Waals surface area (Å²) in [6.07, 6.45) is -3.42. The van der Waals surface area contributed by atoms with Crippen molar-refractivity contribution in [1.82, 2.24) is 9.55 Å². The number of nitrogens with one attached hydrogen (secondary N) is 1. The van der Waals surface area contributed by atoms with Crippen LogP contribution in [0.2, 0.25) is 0 Å². The van der Waals surface area contributed by atoms with Crippen LogP contribution in [0.5, 0.6) is 0 Å². The standard InChI is InChI=1S/C17H14F3N3O3S2/c1-9-14(13-15(27-9)21-12-7-4-8-23(12)16(13)24)22-28(25,26)11-6-3-2-5-10(11)17(18,19)20/h2-3,5-6,22H,4,7-8H2,1H3. The van der Waals surface area contributed by atoms with Crippen molar-refractivity contribution < 1.29 is 21.6 Å². The van der Waals surface area contributed by atoms with Gasteiger partial charge in [0.05, 0.1) is 16.1 Å². The van der Waals surface area contributed by atoms with E-state index >= 15 is 0 Å².